The molecular formula is C10H18N6. The molecular weight excluding hydrogens is 204 g/mol. The zero-order valence-corrected chi connectivity index (χ0v) is 9.48. The van der Waals surface area contributed by atoms with Gasteiger partial charge in [0, 0.05) is 25.2 Å². The molecule has 0 spiro atoms. The van der Waals surface area contributed by atoms with Gasteiger partial charge in [0.05, 0.1) is 0 Å². The fourth-order valence-electron chi connectivity index (χ4n) is 1.63. The predicted molar refractivity (Wildman–Crippen MR) is 65.0 cm³/mol. The molecule has 0 saturated heterocycles. The van der Waals surface area contributed by atoms with Gasteiger partial charge in [-0.1, -0.05) is 0 Å². The number of nitrogens with zero attached hydrogens (tertiary/aromatic N) is 3. The van der Waals surface area contributed by atoms with Gasteiger partial charge in [0.2, 0.25) is 5.95 Å². The Bertz CT molecular complexity index is 342. The average Bonchev–Trinajstić information content (AvgIpc) is 2.98. The van der Waals surface area contributed by atoms with Crippen molar-refractivity contribution in [1.29, 1.82) is 0 Å². The smallest absolute Gasteiger partial charge is 0.223 e. The third-order valence-electron chi connectivity index (χ3n) is 2.70. The summed E-state index contributed by atoms with van der Waals surface area (Å²) in [6.45, 7) is 1.83. The van der Waals surface area contributed by atoms with Gasteiger partial charge in [0.1, 0.15) is 11.6 Å². The lowest BCUT2D eigenvalue weighted by Crippen LogP contribution is -2.27. The van der Waals surface area contributed by atoms with Crippen LogP contribution >= 0.6 is 0 Å². The van der Waals surface area contributed by atoms with E-state index in [2.05, 4.69) is 27.2 Å². The van der Waals surface area contributed by atoms with Gasteiger partial charge in [-0.15, -0.1) is 0 Å². The number of nitrogens with one attached hydrogen (secondary N) is 1. The highest BCUT2D eigenvalue weighted by Crippen LogP contribution is 2.24. The minimum Gasteiger partial charge on any atom is -0.383 e. The van der Waals surface area contributed by atoms with Crippen molar-refractivity contribution >= 4 is 17.6 Å². The summed E-state index contributed by atoms with van der Waals surface area (Å²) in [6, 6.07) is 2.47. The molecule has 88 valence electrons. The second kappa shape index (κ2) is 4.52. The number of nitrogen functional groups attached to an aromatic ring is 2. The first kappa shape index (κ1) is 10.9. The molecule has 2 rings (SSSR count). The molecule has 1 aromatic rings. The number of aromatic nitrogens is 2. The van der Waals surface area contributed by atoms with Crippen LogP contribution in [0, 0.1) is 0 Å². The third kappa shape index (κ3) is 2.96. The Labute approximate surface area is 95.0 Å². The molecule has 1 aliphatic rings. The SMILES string of the molecule is CN(CCNc1cc(N)nc(N)n1)C1CC1. The van der Waals surface area contributed by atoms with Crippen LogP contribution in [-0.2, 0) is 0 Å². The molecule has 1 fully saturated rings. The van der Waals surface area contributed by atoms with Crippen LogP contribution in [0.25, 0.3) is 0 Å². The molecule has 0 bridgehead atoms. The molecule has 1 aliphatic carbocycles. The topological polar surface area (TPSA) is 93.1 Å². The minimum atomic E-state index is 0.207. The summed E-state index contributed by atoms with van der Waals surface area (Å²) in [5.41, 5.74) is 11.1. The molecule has 6 heteroatoms. The lowest BCUT2D eigenvalue weighted by Gasteiger charge is -2.16. The Kier molecular flexibility index (Phi) is 3.09. The van der Waals surface area contributed by atoms with E-state index in [1.165, 1.54) is 12.8 Å². The lowest BCUT2D eigenvalue weighted by atomic mass is 10.4. The van der Waals surface area contributed by atoms with Crippen LogP contribution in [0.2, 0.25) is 0 Å². The van der Waals surface area contributed by atoms with Crippen molar-refractivity contribution in [3.05, 3.63) is 6.07 Å². The number of hydrogen-bond acceptors (Lipinski definition) is 6. The summed E-state index contributed by atoms with van der Waals surface area (Å²) in [7, 11) is 2.14. The summed E-state index contributed by atoms with van der Waals surface area (Å²) >= 11 is 0. The second-order valence-corrected chi connectivity index (χ2v) is 4.17. The van der Waals surface area contributed by atoms with E-state index in [1.54, 1.807) is 6.07 Å². The van der Waals surface area contributed by atoms with Crippen molar-refractivity contribution in [1.82, 2.24) is 14.9 Å². The van der Waals surface area contributed by atoms with Crippen molar-refractivity contribution in [3.8, 4) is 0 Å². The van der Waals surface area contributed by atoms with E-state index in [-0.39, 0.29) is 5.95 Å². The quantitative estimate of drug-likeness (QED) is 0.656. The molecule has 0 aliphatic heterocycles. The maximum absolute atomic E-state index is 5.57. The first-order valence-corrected chi connectivity index (χ1v) is 5.49. The highest BCUT2D eigenvalue weighted by molar-refractivity contribution is 5.48. The average molecular weight is 222 g/mol. The highest BCUT2D eigenvalue weighted by atomic mass is 15.2. The van der Waals surface area contributed by atoms with E-state index in [1.807, 2.05) is 0 Å². The Hall–Kier alpha value is -1.56. The first-order chi connectivity index (χ1) is 7.65. The standard InChI is InChI=1S/C10H18N6/c1-16(7-2-3-7)5-4-13-9-6-8(11)14-10(12)15-9/h6-7H,2-5H2,1H3,(H5,11,12,13,14,15). The van der Waals surface area contributed by atoms with Crippen molar-refractivity contribution in [2.75, 3.05) is 36.9 Å². The third-order valence-corrected chi connectivity index (χ3v) is 2.70. The first-order valence-electron chi connectivity index (χ1n) is 5.49. The molecule has 0 aromatic carbocycles. The van der Waals surface area contributed by atoms with Gasteiger partial charge in [-0.05, 0) is 19.9 Å². The van der Waals surface area contributed by atoms with Crippen LogP contribution < -0.4 is 16.8 Å². The second-order valence-electron chi connectivity index (χ2n) is 4.17. The molecule has 0 amide bonds. The lowest BCUT2D eigenvalue weighted by molar-refractivity contribution is 0.337. The van der Waals surface area contributed by atoms with Crippen LogP contribution in [0.1, 0.15) is 12.8 Å². The van der Waals surface area contributed by atoms with Gasteiger partial charge in [-0.25, -0.2) is 0 Å². The molecule has 1 aromatic heterocycles. The van der Waals surface area contributed by atoms with Crippen molar-refractivity contribution in [3.63, 3.8) is 0 Å². The van der Waals surface area contributed by atoms with E-state index < -0.39 is 0 Å². The van der Waals surface area contributed by atoms with E-state index in [0.717, 1.165) is 19.1 Å². The summed E-state index contributed by atoms with van der Waals surface area (Å²) in [5, 5.41) is 3.19. The van der Waals surface area contributed by atoms with Gasteiger partial charge >= 0.3 is 0 Å². The van der Waals surface area contributed by atoms with Crippen LogP contribution in [0.15, 0.2) is 6.07 Å². The van der Waals surface area contributed by atoms with E-state index in [4.69, 9.17) is 11.5 Å². The number of anilines is 3. The largest absolute Gasteiger partial charge is 0.383 e. The fourth-order valence-corrected chi connectivity index (χ4v) is 1.63. The molecule has 16 heavy (non-hydrogen) atoms. The molecule has 6 nitrogen and oxygen atoms in total. The Morgan fingerprint density at radius 1 is 1.44 bits per heavy atom. The van der Waals surface area contributed by atoms with Crippen molar-refractivity contribution in [2.45, 2.75) is 18.9 Å². The van der Waals surface area contributed by atoms with Gasteiger partial charge in [-0.3, -0.25) is 0 Å². The molecule has 0 atom stereocenters. The summed E-state index contributed by atoms with van der Waals surface area (Å²) in [4.78, 5) is 10.2. The highest BCUT2D eigenvalue weighted by Gasteiger charge is 2.25. The van der Waals surface area contributed by atoms with Crippen molar-refractivity contribution in [2.24, 2.45) is 0 Å². The summed E-state index contributed by atoms with van der Waals surface area (Å²) in [5.74, 6) is 1.29. The number of rotatable bonds is 5. The van der Waals surface area contributed by atoms with Gasteiger partial charge in [0.25, 0.3) is 0 Å². The molecule has 5 N–H and O–H groups in total. The predicted octanol–water partition coefficient (Wildman–Crippen LogP) is 0.147. The summed E-state index contributed by atoms with van der Waals surface area (Å²) < 4.78 is 0. The Morgan fingerprint density at radius 3 is 2.81 bits per heavy atom. The van der Waals surface area contributed by atoms with Crippen LogP contribution in [0.5, 0.6) is 0 Å². The normalized spacial score (nSPS) is 15.4. The molecule has 0 unspecified atom stereocenters. The summed E-state index contributed by atoms with van der Waals surface area (Å²) in [6.07, 6.45) is 2.65. The van der Waals surface area contributed by atoms with Gasteiger partial charge < -0.3 is 21.7 Å². The zero-order valence-electron chi connectivity index (χ0n) is 9.48. The maximum Gasteiger partial charge on any atom is 0.223 e. The van der Waals surface area contributed by atoms with E-state index in [0.29, 0.717) is 11.6 Å². The van der Waals surface area contributed by atoms with E-state index >= 15 is 0 Å². The zero-order chi connectivity index (χ0) is 11.5. The van der Waals surface area contributed by atoms with E-state index in [9.17, 15) is 0 Å². The molecule has 1 heterocycles. The maximum atomic E-state index is 5.57. The molecule has 1 saturated carbocycles. The van der Waals surface area contributed by atoms with Crippen LogP contribution in [-0.4, -0.2) is 41.0 Å². The minimum absolute atomic E-state index is 0.207. The number of hydrogen-bond donors (Lipinski definition) is 3. The Balaban J connectivity index is 1.79. The van der Waals surface area contributed by atoms with Crippen molar-refractivity contribution < 1.29 is 0 Å². The van der Waals surface area contributed by atoms with Gasteiger partial charge in [-0.2, -0.15) is 9.97 Å². The number of likely N-dealkylation sites (N-methyl/N-ethyl adjacent to an activating group) is 1. The van der Waals surface area contributed by atoms with Crippen LogP contribution in [0.3, 0.4) is 0 Å². The monoisotopic (exact) mass is 222 g/mol. The Morgan fingerprint density at radius 2 is 2.19 bits per heavy atom. The van der Waals surface area contributed by atoms with Crippen LogP contribution in [0.4, 0.5) is 17.6 Å². The molecule has 0 radical (unpaired) electrons. The number of nitrogens with two attached hydrogens (primary N) is 2. The van der Waals surface area contributed by atoms with Gasteiger partial charge in [0.15, 0.2) is 0 Å². The fraction of sp³-hybridized carbons (Fsp3) is 0.600.